The van der Waals surface area contributed by atoms with Crippen molar-refractivity contribution < 1.29 is 18.0 Å². The van der Waals surface area contributed by atoms with Gasteiger partial charge in [0.15, 0.2) is 0 Å². The number of hydrogen-bond acceptors (Lipinski definition) is 3. The lowest BCUT2D eigenvalue weighted by Gasteiger charge is -2.23. The Morgan fingerprint density at radius 2 is 2.09 bits per heavy atom. The Morgan fingerprint density at radius 3 is 2.68 bits per heavy atom. The molecular weight excluding hydrogens is 313 g/mol. The summed E-state index contributed by atoms with van der Waals surface area (Å²) in [6.45, 7) is -1.46. The molecule has 1 amide bonds. The fourth-order valence-electron chi connectivity index (χ4n) is 1.92. The Balaban J connectivity index is 2.26. The van der Waals surface area contributed by atoms with Crippen LogP contribution in [0.1, 0.15) is 21.5 Å². The number of rotatable bonds is 4. The number of thiophene rings is 1. The first kappa shape index (κ1) is 16.0. The molecule has 0 aliphatic carbocycles. The van der Waals surface area contributed by atoms with Crippen LogP contribution in [-0.4, -0.2) is 23.5 Å². The summed E-state index contributed by atoms with van der Waals surface area (Å²) in [5, 5.41) is 12.3. The molecule has 2 aromatic rings. The Kier molecular flexibility index (Phi) is 4.83. The Labute approximate surface area is 129 Å². The van der Waals surface area contributed by atoms with Crippen molar-refractivity contribution in [1.82, 2.24) is 4.90 Å². The van der Waals surface area contributed by atoms with Crippen LogP contribution in [0.25, 0.3) is 0 Å². The summed E-state index contributed by atoms with van der Waals surface area (Å²) < 4.78 is 38.1. The highest BCUT2D eigenvalue weighted by atomic mass is 32.1. The van der Waals surface area contributed by atoms with Crippen molar-refractivity contribution in [2.24, 2.45) is 0 Å². The lowest BCUT2D eigenvalue weighted by atomic mass is 10.1. The Hall–Kier alpha value is -2.33. The van der Waals surface area contributed by atoms with Crippen molar-refractivity contribution in [2.45, 2.75) is 12.7 Å². The van der Waals surface area contributed by atoms with Crippen molar-refractivity contribution >= 4 is 17.2 Å². The second kappa shape index (κ2) is 6.62. The standard InChI is InChI=1S/C15H11F3N2OS/c16-15(17,18)10-20(8-12-4-5-22-9-12)14(21)13-3-1-2-11(6-13)7-19/h1-6,9H,8,10H2. The predicted octanol–water partition coefficient (Wildman–Crippen LogP) is 3.82. The minimum absolute atomic E-state index is 0.0681. The van der Waals surface area contributed by atoms with E-state index in [9.17, 15) is 18.0 Å². The van der Waals surface area contributed by atoms with Crippen molar-refractivity contribution in [1.29, 1.82) is 5.26 Å². The lowest BCUT2D eigenvalue weighted by molar-refractivity contribution is -0.141. The first-order valence-corrected chi connectivity index (χ1v) is 7.20. The van der Waals surface area contributed by atoms with Gasteiger partial charge in [-0.15, -0.1) is 0 Å². The van der Waals surface area contributed by atoms with E-state index >= 15 is 0 Å². The normalized spacial score (nSPS) is 11.0. The van der Waals surface area contributed by atoms with Gasteiger partial charge in [-0.3, -0.25) is 4.79 Å². The Morgan fingerprint density at radius 1 is 1.32 bits per heavy atom. The van der Waals surface area contributed by atoms with Gasteiger partial charge >= 0.3 is 6.18 Å². The molecule has 22 heavy (non-hydrogen) atoms. The molecule has 0 bridgehead atoms. The fraction of sp³-hybridized carbons (Fsp3) is 0.200. The maximum Gasteiger partial charge on any atom is 0.406 e. The summed E-state index contributed by atoms with van der Waals surface area (Å²) in [5.74, 6) is -0.749. The summed E-state index contributed by atoms with van der Waals surface area (Å²) in [6, 6.07) is 9.20. The van der Waals surface area contributed by atoms with Gasteiger partial charge in [-0.25, -0.2) is 0 Å². The molecule has 0 aliphatic heterocycles. The van der Waals surface area contributed by atoms with Crippen LogP contribution in [-0.2, 0) is 6.54 Å². The Bertz CT molecular complexity index is 690. The molecule has 1 aromatic heterocycles. The van der Waals surface area contributed by atoms with Gasteiger partial charge < -0.3 is 4.90 Å². The van der Waals surface area contributed by atoms with Gasteiger partial charge in [0.25, 0.3) is 5.91 Å². The second-order valence-corrected chi connectivity index (χ2v) is 5.38. The van der Waals surface area contributed by atoms with Crippen molar-refractivity contribution in [2.75, 3.05) is 6.54 Å². The van der Waals surface area contributed by atoms with Gasteiger partial charge in [-0.2, -0.15) is 29.8 Å². The number of carbonyl (C=O) groups excluding carboxylic acids is 1. The van der Waals surface area contributed by atoms with Crippen molar-refractivity contribution in [3.05, 3.63) is 57.8 Å². The van der Waals surface area contributed by atoms with Gasteiger partial charge in [0.2, 0.25) is 0 Å². The monoisotopic (exact) mass is 324 g/mol. The number of nitriles is 1. The number of hydrogen-bond donors (Lipinski definition) is 0. The number of carbonyl (C=O) groups is 1. The van der Waals surface area contributed by atoms with Crippen LogP contribution in [0.5, 0.6) is 0 Å². The predicted molar refractivity (Wildman–Crippen MR) is 76.3 cm³/mol. The van der Waals surface area contributed by atoms with Gasteiger partial charge in [0, 0.05) is 12.1 Å². The fourth-order valence-corrected chi connectivity index (χ4v) is 2.58. The zero-order valence-electron chi connectivity index (χ0n) is 11.3. The molecule has 7 heteroatoms. The zero-order valence-corrected chi connectivity index (χ0v) is 12.1. The molecule has 0 saturated carbocycles. The number of alkyl halides is 3. The van der Waals surface area contributed by atoms with Crippen LogP contribution in [0.2, 0.25) is 0 Å². The molecule has 0 N–H and O–H groups in total. The molecule has 1 heterocycles. The highest BCUT2D eigenvalue weighted by Crippen LogP contribution is 2.21. The van der Waals surface area contributed by atoms with E-state index in [-0.39, 0.29) is 17.7 Å². The van der Waals surface area contributed by atoms with E-state index in [2.05, 4.69) is 0 Å². The summed E-state index contributed by atoms with van der Waals surface area (Å²) >= 11 is 1.35. The summed E-state index contributed by atoms with van der Waals surface area (Å²) in [4.78, 5) is 13.1. The SMILES string of the molecule is N#Cc1cccc(C(=O)N(Cc2ccsc2)CC(F)(F)F)c1. The number of benzene rings is 1. The highest BCUT2D eigenvalue weighted by molar-refractivity contribution is 7.07. The van der Waals surface area contributed by atoms with Crippen molar-refractivity contribution in [3.63, 3.8) is 0 Å². The first-order chi connectivity index (χ1) is 10.4. The average Bonchev–Trinajstić information content (AvgIpc) is 2.97. The van der Waals surface area contributed by atoms with E-state index in [1.54, 1.807) is 16.8 Å². The van der Waals surface area contributed by atoms with Crippen LogP contribution < -0.4 is 0 Å². The molecule has 0 saturated heterocycles. The topological polar surface area (TPSA) is 44.1 Å². The summed E-state index contributed by atoms with van der Waals surface area (Å²) in [5.41, 5.74) is 0.936. The minimum atomic E-state index is -4.49. The number of amides is 1. The van der Waals surface area contributed by atoms with Crippen LogP contribution in [0.3, 0.4) is 0 Å². The minimum Gasteiger partial charge on any atom is -0.325 e. The van der Waals surface area contributed by atoms with Crippen LogP contribution in [0, 0.1) is 11.3 Å². The second-order valence-electron chi connectivity index (χ2n) is 4.60. The number of nitrogens with zero attached hydrogens (tertiary/aromatic N) is 2. The van der Waals surface area contributed by atoms with Gasteiger partial charge in [0.1, 0.15) is 6.54 Å². The van der Waals surface area contributed by atoms with E-state index in [0.29, 0.717) is 5.56 Å². The lowest BCUT2D eigenvalue weighted by Crippen LogP contribution is -2.38. The molecule has 2 rings (SSSR count). The highest BCUT2D eigenvalue weighted by Gasteiger charge is 2.33. The molecule has 0 spiro atoms. The van der Waals surface area contributed by atoms with E-state index in [1.165, 1.54) is 35.6 Å². The molecular formula is C15H11F3N2OS. The van der Waals surface area contributed by atoms with Crippen LogP contribution >= 0.6 is 11.3 Å². The maximum atomic E-state index is 12.7. The molecule has 3 nitrogen and oxygen atoms in total. The quantitative estimate of drug-likeness (QED) is 0.858. The molecule has 114 valence electrons. The third kappa shape index (κ3) is 4.33. The third-order valence-corrected chi connectivity index (χ3v) is 3.58. The van der Waals surface area contributed by atoms with Crippen molar-refractivity contribution in [3.8, 4) is 6.07 Å². The maximum absolute atomic E-state index is 12.7. The first-order valence-electron chi connectivity index (χ1n) is 6.26. The van der Waals surface area contributed by atoms with E-state index < -0.39 is 18.6 Å². The summed E-state index contributed by atoms with van der Waals surface area (Å²) in [6.07, 6.45) is -4.49. The molecule has 0 fully saturated rings. The third-order valence-electron chi connectivity index (χ3n) is 2.85. The average molecular weight is 324 g/mol. The smallest absolute Gasteiger partial charge is 0.325 e. The van der Waals surface area contributed by atoms with Crippen LogP contribution in [0.15, 0.2) is 41.1 Å². The van der Waals surface area contributed by atoms with E-state index in [1.807, 2.05) is 6.07 Å². The number of halogens is 3. The largest absolute Gasteiger partial charge is 0.406 e. The molecule has 0 aliphatic rings. The summed E-state index contributed by atoms with van der Waals surface area (Å²) in [7, 11) is 0. The molecule has 0 atom stereocenters. The molecule has 0 radical (unpaired) electrons. The van der Waals surface area contributed by atoms with Gasteiger partial charge in [-0.05, 0) is 40.6 Å². The van der Waals surface area contributed by atoms with E-state index in [0.717, 1.165) is 4.90 Å². The van der Waals surface area contributed by atoms with E-state index in [4.69, 9.17) is 5.26 Å². The molecule has 0 unspecified atom stereocenters. The molecule has 1 aromatic carbocycles. The zero-order chi connectivity index (χ0) is 16.2. The van der Waals surface area contributed by atoms with Crippen LogP contribution in [0.4, 0.5) is 13.2 Å². The van der Waals surface area contributed by atoms with Gasteiger partial charge in [-0.1, -0.05) is 6.07 Å². The van der Waals surface area contributed by atoms with Gasteiger partial charge in [0.05, 0.1) is 11.6 Å².